The zero-order valence-electron chi connectivity index (χ0n) is 9.64. The van der Waals surface area contributed by atoms with E-state index in [1.54, 1.807) is 14.0 Å². The first-order chi connectivity index (χ1) is 7.58. The average molecular weight is 230 g/mol. The van der Waals surface area contributed by atoms with E-state index in [0.29, 0.717) is 23.9 Å². The second-order valence-electron chi connectivity index (χ2n) is 3.34. The van der Waals surface area contributed by atoms with Crippen LogP contribution < -0.4 is 10.6 Å². The molecule has 2 N–H and O–H groups in total. The van der Waals surface area contributed by atoms with Crippen LogP contribution in [0.25, 0.3) is 0 Å². The minimum atomic E-state index is -2.39. The first-order valence-electron chi connectivity index (χ1n) is 5.15. The molecule has 0 saturated heterocycles. The predicted octanol–water partition coefficient (Wildman–Crippen LogP) is 2.07. The molecule has 1 rings (SSSR count). The molecule has 0 fully saturated rings. The summed E-state index contributed by atoms with van der Waals surface area (Å²) in [5.41, 5.74) is 0.750. The lowest BCUT2D eigenvalue weighted by atomic mass is 10.3. The first-order valence-corrected chi connectivity index (χ1v) is 5.15. The van der Waals surface area contributed by atoms with E-state index in [9.17, 15) is 8.78 Å². The van der Waals surface area contributed by atoms with E-state index in [2.05, 4.69) is 20.6 Å². The van der Waals surface area contributed by atoms with Gasteiger partial charge < -0.3 is 10.6 Å². The number of hydrogen-bond acceptors (Lipinski definition) is 4. The summed E-state index contributed by atoms with van der Waals surface area (Å²) in [5, 5.41) is 5.54. The maximum Gasteiger partial charge on any atom is 0.255 e. The molecule has 0 aliphatic rings. The van der Waals surface area contributed by atoms with Gasteiger partial charge in [-0.25, -0.2) is 18.7 Å². The van der Waals surface area contributed by atoms with Crippen molar-refractivity contribution in [2.75, 3.05) is 24.2 Å². The van der Waals surface area contributed by atoms with Gasteiger partial charge in [0.2, 0.25) is 0 Å². The van der Waals surface area contributed by atoms with Crippen molar-refractivity contribution >= 4 is 11.6 Å². The number of nitrogens with zero attached hydrogens (tertiary/aromatic N) is 2. The highest BCUT2D eigenvalue weighted by Gasteiger charge is 2.10. The van der Waals surface area contributed by atoms with Crippen LogP contribution in [0.4, 0.5) is 20.4 Å². The number of aryl methyl sites for hydroxylation is 1. The van der Waals surface area contributed by atoms with Crippen LogP contribution in [0.5, 0.6) is 0 Å². The highest BCUT2D eigenvalue weighted by molar-refractivity contribution is 5.56. The van der Waals surface area contributed by atoms with E-state index in [4.69, 9.17) is 0 Å². The lowest BCUT2D eigenvalue weighted by molar-refractivity contribution is 0.163. The molecule has 0 bridgehead atoms. The largest absolute Gasteiger partial charge is 0.373 e. The molecule has 0 aromatic carbocycles. The van der Waals surface area contributed by atoms with Gasteiger partial charge in [-0.2, -0.15) is 0 Å². The van der Waals surface area contributed by atoms with Crippen molar-refractivity contribution in [2.24, 2.45) is 0 Å². The normalized spacial score (nSPS) is 10.6. The molecule has 0 atom stereocenters. The van der Waals surface area contributed by atoms with Gasteiger partial charge in [-0.3, -0.25) is 0 Å². The quantitative estimate of drug-likeness (QED) is 0.813. The molecule has 0 aliphatic carbocycles. The van der Waals surface area contributed by atoms with Crippen molar-refractivity contribution in [2.45, 2.75) is 26.7 Å². The Balaban J connectivity index is 2.96. The summed E-state index contributed by atoms with van der Waals surface area (Å²) in [6, 6.07) is 0. The Bertz CT molecular complexity index is 355. The van der Waals surface area contributed by atoms with Crippen molar-refractivity contribution in [3.05, 3.63) is 11.4 Å². The Morgan fingerprint density at radius 2 is 1.88 bits per heavy atom. The summed E-state index contributed by atoms with van der Waals surface area (Å²) in [7, 11) is 1.74. The highest BCUT2D eigenvalue weighted by atomic mass is 19.3. The lowest BCUT2D eigenvalue weighted by Gasteiger charge is -2.12. The van der Waals surface area contributed by atoms with Gasteiger partial charge in [-0.1, -0.05) is 6.92 Å². The Morgan fingerprint density at radius 3 is 2.38 bits per heavy atom. The zero-order valence-corrected chi connectivity index (χ0v) is 9.64. The van der Waals surface area contributed by atoms with Crippen molar-refractivity contribution in [1.82, 2.24) is 9.97 Å². The number of rotatable bonds is 5. The highest BCUT2D eigenvalue weighted by Crippen LogP contribution is 2.19. The molecule has 0 radical (unpaired) electrons. The predicted molar refractivity (Wildman–Crippen MR) is 60.2 cm³/mol. The van der Waals surface area contributed by atoms with E-state index in [0.717, 1.165) is 5.56 Å². The van der Waals surface area contributed by atoms with Crippen molar-refractivity contribution in [3.63, 3.8) is 0 Å². The SMILES string of the molecule is CCc1nc(NC)c(C)c(NCC(F)F)n1. The summed E-state index contributed by atoms with van der Waals surface area (Å²) >= 11 is 0. The second-order valence-corrected chi connectivity index (χ2v) is 3.34. The molecule has 90 valence electrons. The van der Waals surface area contributed by atoms with Crippen LogP contribution in [0.1, 0.15) is 18.3 Å². The van der Waals surface area contributed by atoms with Crippen LogP contribution in [0.2, 0.25) is 0 Å². The average Bonchev–Trinajstić information content (AvgIpc) is 2.27. The third kappa shape index (κ3) is 3.01. The summed E-state index contributed by atoms with van der Waals surface area (Å²) in [4.78, 5) is 8.42. The van der Waals surface area contributed by atoms with E-state index < -0.39 is 13.0 Å². The summed E-state index contributed by atoms with van der Waals surface area (Å²) in [6.07, 6.45) is -1.73. The van der Waals surface area contributed by atoms with Gasteiger partial charge in [-0.05, 0) is 6.92 Å². The lowest BCUT2D eigenvalue weighted by Crippen LogP contribution is -2.14. The molecule has 0 unspecified atom stereocenters. The van der Waals surface area contributed by atoms with Crippen LogP contribution >= 0.6 is 0 Å². The monoisotopic (exact) mass is 230 g/mol. The molecule has 16 heavy (non-hydrogen) atoms. The molecule has 0 spiro atoms. The second kappa shape index (κ2) is 5.58. The van der Waals surface area contributed by atoms with Gasteiger partial charge in [0.15, 0.2) is 0 Å². The number of alkyl halides is 2. The molecule has 4 nitrogen and oxygen atoms in total. The fraction of sp³-hybridized carbons (Fsp3) is 0.600. The summed E-state index contributed by atoms with van der Waals surface area (Å²) in [6.45, 7) is 3.31. The maximum absolute atomic E-state index is 12.1. The Hall–Kier alpha value is -1.46. The maximum atomic E-state index is 12.1. The minimum absolute atomic E-state index is 0.399. The Kier molecular flexibility index (Phi) is 4.39. The van der Waals surface area contributed by atoms with Crippen LogP contribution in [0.15, 0.2) is 0 Å². The van der Waals surface area contributed by atoms with Gasteiger partial charge in [0.05, 0.1) is 6.54 Å². The first kappa shape index (κ1) is 12.6. The number of nitrogens with one attached hydrogen (secondary N) is 2. The van der Waals surface area contributed by atoms with Crippen molar-refractivity contribution in [3.8, 4) is 0 Å². The van der Waals surface area contributed by atoms with Gasteiger partial charge in [0.1, 0.15) is 17.5 Å². The van der Waals surface area contributed by atoms with Gasteiger partial charge >= 0.3 is 0 Å². The standard InChI is InChI=1S/C10H16F2N4/c1-4-8-15-9(13-3)6(2)10(16-8)14-5-7(11)12/h7H,4-5H2,1-3H3,(H2,13,14,15,16). The van der Waals surface area contributed by atoms with Crippen molar-refractivity contribution < 1.29 is 8.78 Å². The third-order valence-electron chi connectivity index (χ3n) is 2.17. The van der Waals surface area contributed by atoms with Crippen molar-refractivity contribution in [1.29, 1.82) is 0 Å². The minimum Gasteiger partial charge on any atom is -0.373 e. The number of halogens is 2. The third-order valence-corrected chi connectivity index (χ3v) is 2.17. The Morgan fingerprint density at radius 1 is 1.25 bits per heavy atom. The molecule has 0 aliphatic heterocycles. The molecule has 0 amide bonds. The zero-order chi connectivity index (χ0) is 12.1. The van der Waals surface area contributed by atoms with Crippen LogP contribution in [-0.2, 0) is 6.42 Å². The number of aromatic nitrogens is 2. The Labute approximate surface area is 93.5 Å². The van der Waals surface area contributed by atoms with Crippen LogP contribution in [0.3, 0.4) is 0 Å². The molecular weight excluding hydrogens is 214 g/mol. The van der Waals surface area contributed by atoms with Crippen LogP contribution in [0, 0.1) is 6.92 Å². The molecule has 6 heteroatoms. The molecule has 1 heterocycles. The smallest absolute Gasteiger partial charge is 0.255 e. The number of anilines is 2. The molecule has 0 saturated carbocycles. The molecular formula is C10H16F2N4. The fourth-order valence-corrected chi connectivity index (χ4v) is 1.31. The molecule has 1 aromatic rings. The topological polar surface area (TPSA) is 49.8 Å². The summed E-state index contributed by atoms with van der Waals surface area (Å²) in [5.74, 6) is 1.77. The van der Waals surface area contributed by atoms with Gasteiger partial charge in [0, 0.05) is 19.0 Å². The fourth-order valence-electron chi connectivity index (χ4n) is 1.31. The van der Waals surface area contributed by atoms with E-state index >= 15 is 0 Å². The van der Waals surface area contributed by atoms with Gasteiger partial charge in [0.25, 0.3) is 6.43 Å². The summed E-state index contributed by atoms with van der Waals surface area (Å²) < 4.78 is 24.2. The van der Waals surface area contributed by atoms with E-state index in [1.807, 2.05) is 6.92 Å². The number of hydrogen-bond donors (Lipinski definition) is 2. The van der Waals surface area contributed by atoms with E-state index in [-0.39, 0.29) is 0 Å². The van der Waals surface area contributed by atoms with Gasteiger partial charge in [-0.15, -0.1) is 0 Å². The van der Waals surface area contributed by atoms with E-state index in [1.165, 1.54) is 0 Å². The molecule has 1 aromatic heterocycles. The van der Waals surface area contributed by atoms with Crippen LogP contribution in [-0.4, -0.2) is 30.0 Å².